The van der Waals surface area contributed by atoms with Gasteiger partial charge in [0.1, 0.15) is 11.6 Å². The molecule has 1 aromatic heterocycles. The number of nitriles is 1. The first-order valence-electron chi connectivity index (χ1n) is 13.4. The van der Waals surface area contributed by atoms with Gasteiger partial charge in [-0.15, -0.1) is 0 Å². The summed E-state index contributed by atoms with van der Waals surface area (Å²) in [5.74, 6) is 0.0515. The number of hydrogen-bond donors (Lipinski definition) is 2. The first-order valence-corrected chi connectivity index (χ1v) is 13.4. The third-order valence-electron chi connectivity index (χ3n) is 8.02. The number of guanidine groups is 1. The minimum absolute atomic E-state index is 0.0279. The van der Waals surface area contributed by atoms with Gasteiger partial charge in [0.05, 0.1) is 23.0 Å². The number of benzene rings is 1. The average molecular weight is 535 g/mol. The zero-order valence-electron chi connectivity index (χ0n) is 22.9. The number of aliphatic imine (C=N–C) groups is 2. The second-order valence-corrected chi connectivity index (χ2v) is 11.3. The summed E-state index contributed by atoms with van der Waals surface area (Å²) in [4.78, 5) is 23.7. The first kappa shape index (κ1) is 26.7. The van der Waals surface area contributed by atoms with Gasteiger partial charge in [-0.2, -0.15) is 19.6 Å². The largest absolute Gasteiger partial charge is 0.368 e. The van der Waals surface area contributed by atoms with Crippen molar-refractivity contribution < 1.29 is 4.39 Å². The Hall–Kier alpha value is -3.85. The van der Waals surface area contributed by atoms with Crippen molar-refractivity contribution in [2.45, 2.75) is 82.8 Å². The van der Waals surface area contributed by atoms with E-state index in [1.807, 2.05) is 0 Å². The summed E-state index contributed by atoms with van der Waals surface area (Å²) in [6.45, 7) is 10.9. The second-order valence-electron chi connectivity index (χ2n) is 11.3. The number of hydrogen-bond acceptors (Lipinski definition) is 7. The molecule has 1 aliphatic carbocycles. The van der Waals surface area contributed by atoms with Crippen LogP contribution in [0.4, 0.5) is 10.1 Å². The summed E-state index contributed by atoms with van der Waals surface area (Å²) in [6, 6.07) is 5.73. The maximum atomic E-state index is 15.3. The molecule has 0 radical (unpaired) electrons. The molecule has 12 heteroatoms. The van der Waals surface area contributed by atoms with E-state index in [1.165, 1.54) is 30.3 Å². The normalized spacial score (nSPS) is 23.5. The monoisotopic (exact) mass is 534 g/mol. The molecule has 2 saturated heterocycles. The van der Waals surface area contributed by atoms with E-state index in [0.29, 0.717) is 28.7 Å². The number of nitrogens with one attached hydrogen (secondary N) is 2. The van der Waals surface area contributed by atoms with Crippen molar-refractivity contribution in [2.24, 2.45) is 17.0 Å². The fourth-order valence-electron chi connectivity index (χ4n) is 5.96. The summed E-state index contributed by atoms with van der Waals surface area (Å²) >= 11 is 0. The summed E-state index contributed by atoms with van der Waals surface area (Å²) in [6.07, 6.45) is 6.05. The van der Waals surface area contributed by atoms with Gasteiger partial charge in [0.25, 0.3) is 0 Å². The highest BCUT2D eigenvalue weighted by atomic mass is 19.1. The predicted octanol–water partition coefficient (Wildman–Crippen LogP) is 3.20. The van der Waals surface area contributed by atoms with E-state index in [1.54, 1.807) is 6.92 Å². The Balaban J connectivity index is 1.44. The standard InChI is InChI=1S/C27H35FN10O/c1-16(15-29)24(31-18-11-19-7-6-10-37(19)27(2,3)14-18)33-25(30-4)32-22-13-23(38-26(39)36(5)34-35-38)20(12-21(22)28)17-8-9-17/h12-13,17-19,31H,4,6-11,14H2,1-3,5H3,(H,32,33)/b24-16+/t18-,19+/m0/s1. The predicted molar refractivity (Wildman–Crippen MR) is 147 cm³/mol. The maximum Gasteiger partial charge on any atom is 0.368 e. The van der Waals surface area contributed by atoms with E-state index in [4.69, 9.17) is 0 Å². The molecule has 39 heavy (non-hydrogen) atoms. The number of nitrogens with zero attached hydrogens (tertiary/aromatic N) is 8. The number of aromatic nitrogens is 4. The van der Waals surface area contributed by atoms with Crippen molar-refractivity contribution in [2.75, 3.05) is 11.9 Å². The van der Waals surface area contributed by atoms with Gasteiger partial charge in [0.2, 0.25) is 5.96 Å². The lowest BCUT2D eigenvalue weighted by Gasteiger charge is -2.48. The Morgan fingerprint density at radius 2 is 2.05 bits per heavy atom. The van der Waals surface area contributed by atoms with Crippen LogP contribution in [0.25, 0.3) is 5.69 Å². The highest BCUT2D eigenvalue weighted by Gasteiger charge is 2.43. The van der Waals surface area contributed by atoms with Crippen LogP contribution in [0.1, 0.15) is 70.8 Å². The third-order valence-corrected chi connectivity index (χ3v) is 8.02. The molecule has 3 heterocycles. The Kier molecular flexibility index (Phi) is 7.11. The summed E-state index contributed by atoms with van der Waals surface area (Å²) < 4.78 is 17.6. The molecule has 0 amide bonds. The van der Waals surface area contributed by atoms with Gasteiger partial charge in [-0.25, -0.2) is 14.2 Å². The van der Waals surface area contributed by atoms with Crippen molar-refractivity contribution >= 4 is 18.4 Å². The van der Waals surface area contributed by atoms with Crippen LogP contribution in [-0.2, 0) is 7.05 Å². The third kappa shape index (κ3) is 5.36. The van der Waals surface area contributed by atoms with Crippen molar-refractivity contribution in [3.05, 3.63) is 45.4 Å². The summed E-state index contributed by atoms with van der Waals surface area (Å²) in [5, 5.41) is 23.8. The summed E-state index contributed by atoms with van der Waals surface area (Å²) in [7, 11) is 1.51. The van der Waals surface area contributed by atoms with Gasteiger partial charge in [-0.05, 0) is 107 Å². The lowest BCUT2D eigenvalue weighted by Crippen LogP contribution is -2.56. The molecule has 1 saturated carbocycles. The number of aryl methyl sites for hydroxylation is 1. The van der Waals surface area contributed by atoms with E-state index >= 15 is 4.39 Å². The quantitative estimate of drug-likeness (QED) is 0.331. The van der Waals surface area contributed by atoms with Crippen LogP contribution >= 0.6 is 0 Å². The second kappa shape index (κ2) is 10.4. The Labute approximate surface area is 227 Å². The number of fused-ring (bicyclic) bond motifs is 1. The molecule has 11 nitrogen and oxygen atoms in total. The van der Waals surface area contributed by atoms with Crippen LogP contribution in [-0.4, -0.2) is 61.5 Å². The Morgan fingerprint density at radius 3 is 2.69 bits per heavy atom. The lowest BCUT2D eigenvalue weighted by molar-refractivity contribution is 0.0399. The van der Waals surface area contributed by atoms with E-state index in [2.05, 4.69) is 62.6 Å². The number of anilines is 1. The van der Waals surface area contributed by atoms with Gasteiger partial charge in [-0.3, -0.25) is 4.90 Å². The fourth-order valence-corrected chi connectivity index (χ4v) is 5.96. The van der Waals surface area contributed by atoms with Crippen LogP contribution in [0.3, 0.4) is 0 Å². The topological polar surface area (TPSA) is 129 Å². The molecule has 5 rings (SSSR count). The van der Waals surface area contributed by atoms with Crippen molar-refractivity contribution in [3.8, 4) is 11.8 Å². The Morgan fingerprint density at radius 1 is 1.28 bits per heavy atom. The number of piperidine rings is 1. The molecule has 1 aromatic carbocycles. The van der Waals surface area contributed by atoms with Gasteiger partial charge >= 0.3 is 5.69 Å². The summed E-state index contributed by atoms with van der Waals surface area (Å²) in [5.41, 5.74) is 1.21. The van der Waals surface area contributed by atoms with Gasteiger partial charge in [0, 0.05) is 24.7 Å². The number of allylic oxidation sites excluding steroid dienone is 1. The molecule has 206 valence electrons. The van der Waals surface area contributed by atoms with Crippen LogP contribution in [0.15, 0.2) is 38.3 Å². The Bertz CT molecular complexity index is 1440. The molecular formula is C27H35FN10O. The number of tetrazole rings is 1. The highest BCUT2D eigenvalue weighted by molar-refractivity contribution is 5.97. The molecule has 3 aliphatic rings. The fraction of sp³-hybridized carbons (Fsp3) is 0.556. The van der Waals surface area contributed by atoms with Gasteiger partial charge in [-0.1, -0.05) is 0 Å². The number of halogens is 1. The van der Waals surface area contributed by atoms with Crippen molar-refractivity contribution in [3.63, 3.8) is 0 Å². The highest BCUT2D eigenvalue weighted by Crippen LogP contribution is 2.44. The molecule has 2 atom stereocenters. The molecule has 0 bridgehead atoms. The average Bonchev–Trinajstić information content (AvgIpc) is 3.54. The van der Waals surface area contributed by atoms with E-state index in [0.717, 1.165) is 43.3 Å². The van der Waals surface area contributed by atoms with Gasteiger partial charge in [0.15, 0.2) is 0 Å². The van der Waals surface area contributed by atoms with Crippen molar-refractivity contribution in [1.29, 1.82) is 5.26 Å². The first-order chi connectivity index (χ1) is 18.6. The smallest absolute Gasteiger partial charge is 0.366 e. The van der Waals surface area contributed by atoms with Crippen LogP contribution in [0.2, 0.25) is 0 Å². The van der Waals surface area contributed by atoms with Crippen LogP contribution < -0.4 is 16.3 Å². The molecule has 3 fully saturated rings. The van der Waals surface area contributed by atoms with E-state index in [-0.39, 0.29) is 29.1 Å². The maximum absolute atomic E-state index is 15.3. The molecule has 2 N–H and O–H groups in total. The molecule has 2 aliphatic heterocycles. The van der Waals surface area contributed by atoms with Crippen LogP contribution in [0, 0.1) is 17.1 Å². The lowest BCUT2D eigenvalue weighted by atomic mass is 9.84. The molecule has 2 aromatic rings. The van der Waals surface area contributed by atoms with Gasteiger partial charge < -0.3 is 10.6 Å². The zero-order valence-corrected chi connectivity index (χ0v) is 22.9. The zero-order chi connectivity index (χ0) is 27.9. The van der Waals surface area contributed by atoms with E-state index in [9.17, 15) is 10.1 Å². The van der Waals surface area contributed by atoms with Crippen molar-refractivity contribution in [1.82, 2.24) is 30.0 Å². The molecule has 0 unspecified atom stereocenters. The molecular weight excluding hydrogens is 499 g/mol. The SMILES string of the molecule is C=NC(=N/C(N[C@H]1C[C@H]2CCCN2C(C)(C)C1)=C(\C)C#N)Nc1cc(-n2nnn(C)c2=O)c(C2CC2)cc1F. The van der Waals surface area contributed by atoms with E-state index < -0.39 is 11.5 Å². The molecule has 0 spiro atoms. The number of rotatable bonds is 6. The minimum Gasteiger partial charge on any atom is -0.366 e. The van der Waals surface area contributed by atoms with Crippen LogP contribution in [0.5, 0.6) is 0 Å². The minimum atomic E-state index is -0.514.